The number of imidazole rings is 1. The van der Waals surface area contributed by atoms with Crippen LogP contribution in [0.5, 0.6) is 0 Å². The molecular formula is C27H35N5O4S. The fourth-order valence-electron chi connectivity index (χ4n) is 6.03. The SMILES string of the molecule is Cc1ccc(S(=O)(=O)NC(CCn2ccnc2NO)C(=O)N2CC[C@@H]3CCCC[C@@H]3C2)c2ccccc12. The summed E-state index contributed by atoms with van der Waals surface area (Å²) in [5, 5.41) is 10.8. The number of amides is 1. The molecule has 0 bridgehead atoms. The Bertz CT molecular complexity index is 1370. The fraction of sp³-hybridized carbons (Fsp3) is 0.481. The Morgan fingerprint density at radius 3 is 2.65 bits per heavy atom. The molecule has 3 N–H and O–H groups in total. The Morgan fingerprint density at radius 2 is 1.86 bits per heavy atom. The second-order valence-corrected chi connectivity index (χ2v) is 12.0. The first kappa shape index (κ1) is 25.7. The number of fused-ring (bicyclic) bond motifs is 2. The lowest BCUT2D eigenvalue weighted by atomic mass is 9.75. The Kier molecular flexibility index (Phi) is 7.50. The van der Waals surface area contributed by atoms with Crippen LogP contribution in [-0.4, -0.2) is 53.1 Å². The summed E-state index contributed by atoms with van der Waals surface area (Å²) >= 11 is 0. The van der Waals surface area contributed by atoms with E-state index in [1.165, 1.54) is 25.5 Å². The molecule has 198 valence electrons. The van der Waals surface area contributed by atoms with Crippen LogP contribution >= 0.6 is 0 Å². The summed E-state index contributed by atoms with van der Waals surface area (Å²) in [4.78, 5) is 19.9. The van der Waals surface area contributed by atoms with Crippen LogP contribution in [0.2, 0.25) is 0 Å². The maximum Gasteiger partial charge on any atom is 0.241 e. The van der Waals surface area contributed by atoms with Crippen molar-refractivity contribution in [3.8, 4) is 0 Å². The summed E-state index contributed by atoms with van der Waals surface area (Å²) in [6, 6.07) is 9.87. The Hall–Kier alpha value is -2.95. The van der Waals surface area contributed by atoms with Crippen molar-refractivity contribution < 1.29 is 18.4 Å². The van der Waals surface area contributed by atoms with Crippen molar-refractivity contribution in [2.45, 2.75) is 62.9 Å². The molecule has 1 saturated heterocycles. The van der Waals surface area contributed by atoms with E-state index in [2.05, 4.69) is 9.71 Å². The maximum atomic E-state index is 13.8. The number of piperidine rings is 1. The minimum atomic E-state index is -4.00. The lowest BCUT2D eigenvalue weighted by Gasteiger charge is -2.42. The van der Waals surface area contributed by atoms with Gasteiger partial charge in [0.05, 0.1) is 4.90 Å². The molecule has 2 fully saturated rings. The number of anilines is 1. The van der Waals surface area contributed by atoms with Gasteiger partial charge < -0.3 is 9.47 Å². The molecule has 1 saturated carbocycles. The van der Waals surface area contributed by atoms with Crippen LogP contribution in [0, 0.1) is 18.8 Å². The van der Waals surface area contributed by atoms with E-state index in [1.807, 2.05) is 35.5 Å². The van der Waals surface area contributed by atoms with Crippen LogP contribution < -0.4 is 10.2 Å². The number of likely N-dealkylation sites (tertiary alicyclic amines) is 1. The third-order valence-corrected chi connectivity index (χ3v) is 9.59. The number of hydrogen-bond acceptors (Lipinski definition) is 6. The normalized spacial score (nSPS) is 21.0. The molecule has 10 heteroatoms. The molecular weight excluding hydrogens is 490 g/mol. The number of nitrogens with one attached hydrogen (secondary N) is 2. The predicted octanol–water partition coefficient (Wildman–Crippen LogP) is 3.92. The highest BCUT2D eigenvalue weighted by Gasteiger charge is 2.36. The summed E-state index contributed by atoms with van der Waals surface area (Å²) in [5.41, 5.74) is 3.03. The second kappa shape index (κ2) is 10.8. The number of hydrogen-bond donors (Lipinski definition) is 3. The standard InChI is InChI=1S/C27H35N5O4S/c1-19-10-11-25(23-9-5-4-8-22(19)23)37(35,36)30-24(13-16-31-17-14-28-27(31)29-34)26(33)32-15-12-20-6-2-3-7-21(20)18-32/h4-5,8-11,14,17,20-21,24,30,34H,2-3,6-7,12-13,15-16,18H2,1H3,(H,28,29)/t20-,21+,24?/m0/s1. The molecule has 2 heterocycles. The van der Waals surface area contributed by atoms with Gasteiger partial charge in [-0.05, 0) is 55.0 Å². The largest absolute Gasteiger partial charge is 0.341 e. The third-order valence-electron chi connectivity index (χ3n) is 8.06. The van der Waals surface area contributed by atoms with E-state index >= 15 is 0 Å². The summed E-state index contributed by atoms with van der Waals surface area (Å²) in [6.07, 6.45) is 9.20. The number of nitrogens with zero attached hydrogens (tertiary/aromatic N) is 3. The first-order valence-electron chi connectivity index (χ1n) is 13.1. The van der Waals surface area contributed by atoms with Crippen LogP contribution in [0.15, 0.2) is 53.7 Å². The molecule has 2 aromatic carbocycles. The first-order chi connectivity index (χ1) is 17.9. The predicted molar refractivity (Wildman–Crippen MR) is 142 cm³/mol. The fourth-order valence-corrected chi connectivity index (χ4v) is 7.47. The molecule has 9 nitrogen and oxygen atoms in total. The molecule has 0 spiro atoms. The second-order valence-electron chi connectivity index (χ2n) is 10.3. The quantitative estimate of drug-likeness (QED) is 0.384. The van der Waals surface area contributed by atoms with Crippen LogP contribution in [0.1, 0.15) is 44.1 Å². The van der Waals surface area contributed by atoms with Crippen LogP contribution in [0.25, 0.3) is 10.8 Å². The van der Waals surface area contributed by atoms with E-state index in [1.54, 1.807) is 29.0 Å². The number of rotatable bonds is 8. The Balaban J connectivity index is 1.42. The molecule has 1 amide bonds. The maximum absolute atomic E-state index is 13.8. The summed E-state index contributed by atoms with van der Waals surface area (Å²) in [6.45, 7) is 3.59. The highest BCUT2D eigenvalue weighted by atomic mass is 32.2. The summed E-state index contributed by atoms with van der Waals surface area (Å²) in [7, 11) is -4.00. The van der Waals surface area contributed by atoms with Crippen molar-refractivity contribution in [3.63, 3.8) is 0 Å². The Labute approximate surface area is 217 Å². The van der Waals surface area contributed by atoms with Crippen molar-refractivity contribution in [1.82, 2.24) is 19.2 Å². The Morgan fingerprint density at radius 1 is 1.11 bits per heavy atom. The number of carbonyl (C=O) groups excluding carboxylic acids is 1. The van der Waals surface area contributed by atoms with Gasteiger partial charge in [0.1, 0.15) is 6.04 Å². The number of aryl methyl sites for hydroxylation is 2. The van der Waals surface area contributed by atoms with Gasteiger partial charge >= 0.3 is 0 Å². The molecule has 1 aliphatic heterocycles. The zero-order valence-electron chi connectivity index (χ0n) is 21.1. The van der Waals surface area contributed by atoms with Crippen molar-refractivity contribution in [3.05, 3.63) is 54.4 Å². The van der Waals surface area contributed by atoms with Gasteiger partial charge in [0.15, 0.2) is 0 Å². The molecule has 3 atom stereocenters. The minimum absolute atomic E-state index is 0.165. The van der Waals surface area contributed by atoms with Gasteiger partial charge in [-0.2, -0.15) is 4.72 Å². The van der Waals surface area contributed by atoms with Gasteiger partial charge in [-0.25, -0.2) is 18.9 Å². The van der Waals surface area contributed by atoms with Crippen molar-refractivity contribution >= 4 is 32.7 Å². The summed E-state index contributed by atoms with van der Waals surface area (Å²) in [5.74, 6) is 1.20. The van der Waals surface area contributed by atoms with E-state index < -0.39 is 16.1 Å². The van der Waals surface area contributed by atoms with Gasteiger partial charge in [0.2, 0.25) is 21.9 Å². The highest BCUT2D eigenvalue weighted by molar-refractivity contribution is 7.89. The van der Waals surface area contributed by atoms with Crippen molar-refractivity contribution in [1.29, 1.82) is 0 Å². The summed E-state index contributed by atoms with van der Waals surface area (Å²) < 4.78 is 31.8. The number of sulfonamides is 1. The van der Waals surface area contributed by atoms with Gasteiger partial charge in [0, 0.05) is 37.4 Å². The monoisotopic (exact) mass is 525 g/mol. The zero-order chi connectivity index (χ0) is 26.0. The average Bonchev–Trinajstić information content (AvgIpc) is 3.38. The number of carbonyl (C=O) groups is 1. The lowest BCUT2D eigenvalue weighted by molar-refractivity contribution is -0.136. The number of aromatic nitrogens is 2. The zero-order valence-corrected chi connectivity index (χ0v) is 22.0. The topological polar surface area (TPSA) is 117 Å². The third kappa shape index (κ3) is 5.37. The molecule has 3 aromatic rings. The van der Waals surface area contributed by atoms with E-state index in [-0.39, 0.29) is 23.2 Å². The average molecular weight is 526 g/mol. The van der Waals surface area contributed by atoms with Gasteiger partial charge in [0.25, 0.3) is 0 Å². The molecule has 1 unspecified atom stereocenters. The van der Waals surface area contributed by atoms with Gasteiger partial charge in [-0.3, -0.25) is 10.0 Å². The molecule has 1 aromatic heterocycles. The lowest BCUT2D eigenvalue weighted by Crippen LogP contribution is -2.53. The first-order valence-corrected chi connectivity index (χ1v) is 14.6. The molecule has 2 aliphatic rings. The van der Waals surface area contributed by atoms with Crippen molar-refractivity contribution in [2.75, 3.05) is 18.6 Å². The van der Waals surface area contributed by atoms with Gasteiger partial charge in [-0.1, -0.05) is 49.6 Å². The van der Waals surface area contributed by atoms with Crippen LogP contribution in [0.4, 0.5) is 5.95 Å². The van der Waals surface area contributed by atoms with Gasteiger partial charge in [-0.15, -0.1) is 0 Å². The van der Waals surface area contributed by atoms with E-state index in [0.29, 0.717) is 36.9 Å². The van der Waals surface area contributed by atoms with Crippen LogP contribution in [-0.2, 0) is 21.4 Å². The highest BCUT2D eigenvalue weighted by Crippen LogP contribution is 2.36. The molecule has 1 aliphatic carbocycles. The van der Waals surface area contributed by atoms with E-state index in [4.69, 9.17) is 0 Å². The minimum Gasteiger partial charge on any atom is -0.341 e. The number of benzene rings is 2. The molecule has 5 rings (SSSR count). The smallest absolute Gasteiger partial charge is 0.241 e. The van der Waals surface area contributed by atoms with E-state index in [0.717, 1.165) is 23.8 Å². The van der Waals surface area contributed by atoms with Crippen LogP contribution in [0.3, 0.4) is 0 Å². The van der Waals surface area contributed by atoms with E-state index in [9.17, 15) is 18.4 Å². The molecule has 37 heavy (non-hydrogen) atoms. The molecule has 0 radical (unpaired) electrons. The van der Waals surface area contributed by atoms with Crippen molar-refractivity contribution in [2.24, 2.45) is 11.8 Å².